The number of fused-ring (bicyclic) bond motifs is 1. The van der Waals surface area contributed by atoms with Gasteiger partial charge >= 0.3 is 0 Å². The van der Waals surface area contributed by atoms with E-state index in [4.69, 9.17) is 9.72 Å². The summed E-state index contributed by atoms with van der Waals surface area (Å²) in [5.74, 6) is 0.0173. The molecule has 0 atom stereocenters. The Morgan fingerprint density at radius 3 is 2.57 bits per heavy atom. The summed E-state index contributed by atoms with van der Waals surface area (Å²) in [6.45, 7) is 9.24. The molecule has 0 bridgehead atoms. The summed E-state index contributed by atoms with van der Waals surface area (Å²) in [4.78, 5) is 22.5. The number of hydrogen-bond acceptors (Lipinski definition) is 5. The van der Waals surface area contributed by atoms with E-state index in [1.54, 1.807) is 11.3 Å². The van der Waals surface area contributed by atoms with Crippen molar-refractivity contribution in [2.75, 3.05) is 44.3 Å². The highest BCUT2D eigenvalue weighted by Gasteiger charge is 2.22. The van der Waals surface area contributed by atoms with Gasteiger partial charge in [0.2, 0.25) is 0 Å². The van der Waals surface area contributed by atoms with Crippen LogP contribution in [0.4, 0.5) is 5.13 Å². The molecule has 2 heterocycles. The van der Waals surface area contributed by atoms with Crippen molar-refractivity contribution in [3.63, 3.8) is 0 Å². The first kappa shape index (κ1) is 22.7. The van der Waals surface area contributed by atoms with Crippen LogP contribution in [-0.4, -0.2) is 55.2 Å². The third kappa shape index (κ3) is 5.19. The van der Waals surface area contributed by atoms with Crippen molar-refractivity contribution in [3.8, 4) is 0 Å². The lowest BCUT2D eigenvalue weighted by molar-refractivity contribution is 0.0376. The Labute approximate surface area is 188 Å². The molecular weight excluding hydrogens is 418 g/mol. The van der Waals surface area contributed by atoms with Crippen LogP contribution in [0.15, 0.2) is 42.5 Å². The Morgan fingerprint density at radius 2 is 1.87 bits per heavy atom. The number of nitrogens with zero attached hydrogens (tertiary/aromatic N) is 3. The quantitative estimate of drug-likeness (QED) is 0.551. The van der Waals surface area contributed by atoms with E-state index < -0.39 is 0 Å². The third-order valence-electron chi connectivity index (χ3n) is 5.34. The fraction of sp³-hybridized carbons (Fsp3) is 0.391. The maximum Gasteiger partial charge on any atom is 0.260 e. The number of benzene rings is 2. The summed E-state index contributed by atoms with van der Waals surface area (Å²) in [6.07, 6.45) is 0.909. The van der Waals surface area contributed by atoms with Crippen LogP contribution in [0.5, 0.6) is 0 Å². The molecule has 3 aromatic rings. The van der Waals surface area contributed by atoms with Crippen molar-refractivity contribution in [1.82, 2.24) is 9.88 Å². The van der Waals surface area contributed by atoms with Crippen molar-refractivity contribution in [1.29, 1.82) is 0 Å². The number of rotatable bonds is 6. The third-order valence-corrected chi connectivity index (χ3v) is 6.39. The van der Waals surface area contributed by atoms with Crippen LogP contribution in [0.1, 0.15) is 27.9 Å². The fourth-order valence-electron chi connectivity index (χ4n) is 3.60. The van der Waals surface area contributed by atoms with E-state index in [-0.39, 0.29) is 18.3 Å². The van der Waals surface area contributed by atoms with Gasteiger partial charge in [-0.05, 0) is 44.0 Å². The molecule has 1 aliphatic rings. The lowest BCUT2D eigenvalue weighted by atomic mass is 10.1. The maximum atomic E-state index is 13.4. The maximum absolute atomic E-state index is 13.4. The number of thiazole rings is 1. The van der Waals surface area contributed by atoms with Crippen molar-refractivity contribution < 1.29 is 9.53 Å². The van der Waals surface area contributed by atoms with Gasteiger partial charge in [0.25, 0.3) is 5.91 Å². The van der Waals surface area contributed by atoms with Crippen molar-refractivity contribution >= 4 is 45.0 Å². The van der Waals surface area contributed by atoms with Crippen LogP contribution < -0.4 is 4.90 Å². The Balaban J connectivity index is 0.00000256. The lowest BCUT2D eigenvalue weighted by Gasteiger charge is -2.27. The molecule has 4 rings (SSSR count). The zero-order valence-corrected chi connectivity index (χ0v) is 19.1. The number of aryl methyl sites for hydroxylation is 2. The van der Waals surface area contributed by atoms with Crippen LogP contribution in [-0.2, 0) is 4.74 Å². The number of para-hydroxylation sites is 1. The molecule has 30 heavy (non-hydrogen) atoms. The standard InChI is InChI=1S/C23H27N3O2S.ClH/c1-17-7-9-19(10-8-17)22(27)26(12-4-11-25-13-15-28-16-14-25)23-24-21-18(2)5-3-6-20(21)29-23;/h3,5-10H,4,11-16H2,1-2H3;1H. The summed E-state index contributed by atoms with van der Waals surface area (Å²) < 4.78 is 6.55. The molecule has 1 saturated heterocycles. The smallest absolute Gasteiger partial charge is 0.260 e. The summed E-state index contributed by atoms with van der Waals surface area (Å²) in [5, 5.41) is 0.779. The second-order valence-electron chi connectivity index (χ2n) is 7.55. The minimum atomic E-state index is 0. The van der Waals surface area contributed by atoms with Gasteiger partial charge in [-0.1, -0.05) is 41.2 Å². The summed E-state index contributed by atoms with van der Waals surface area (Å²) in [5.41, 5.74) is 3.98. The van der Waals surface area contributed by atoms with Gasteiger partial charge in [0.1, 0.15) is 0 Å². The van der Waals surface area contributed by atoms with Gasteiger partial charge in [-0.25, -0.2) is 4.98 Å². The van der Waals surface area contributed by atoms with E-state index in [1.807, 2.05) is 42.2 Å². The van der Waals surface area contributed by atoms with Gasteiger partial charge in [-0.15, -0.1) is 12.4 Å². The molecule has 0 unspecified atom stereocenters. The summed E-state index contributed by atoms with van der Waals surface area (Å²) >= 11 is 1.59. The number of anilines is 1. The normalized spacial score (nSPS) is 14.5. The number of carbonyl (C=O) groups is 1. The molecule has 5 nitrogen and oxygen atoms in total. The van der Waals surface area contributed by atoms with Gasteiger partial charge in [-0.3, -0.25) is 14.6 Å². The first-order valence-electron chi connectivity index (χ1n) is 10.2. The van der Waals surface area contributed by atoms with Gasteiger partial charge in [0.15, 0.2) is 5.13 Å². The molecule has 1 aliphatic heterocycles. The molecule has 1 aromatic heterocycles. The number of ether oxygens (including phenoxy) is 1. The zero-order chi connectivity index (χ0) is 20.2. The molecule has 0 N–H and O–H groups in total. The first-order chi connectivity index (χ1) is 14.1. The predicted octanol–water partition coefficient (Wildman–Crippen LogP) is 4.70. The second-order valence-corrected chi connectivity index (χ2v) is 8.56. The molecule has 0 saturated carbocycles. The van der Waals surface area contributed by atoms with E-state index in [1.165, 1.54) is 0 Å². The van der Waals surface area contributed by atoms with Crippen LogP contribution >= 0.6 is 23.7 Å². The minimum absolute atomic E-state index is 0. The van der Waals surface area contributed by atoms with Crippen LogP contribution in [0.3, 0.4) is 0 Å². The van der Waals surface area contributed by atoms with Gasteiger partial charge in [0.05, 0.1) is 23.4 Å². The molecule has 7 heteroatoms. The molecule has 1 fully saturated rings. The lowest BCUT2D eigenvalue weighted by Crippen LogP contribution is -2.39. The van der Waals surface area contributed by atoms with E-state index in [9.17, 15) is 4.79 Å². The SMILES string of the molecule is Cc1ccc(C(=O)N(CCCN2CCOCC2)c2nc3c(C)cccc3s2)cc1.Cl. The number of carbonyl (C=O) groups excluding carboxylic acids is 1. The minimum Gasteiger partial charge on any atom is -0.379 e. The monoisotopic (exact) mass is 445 g/mol. The molecular formula is C23H28ClN3O2S. The Bertz CT molecular complexity index is 984. The summed E-state index contributed by atoms with van der Waals surface area (Å²) in [6, 6.07) is 14.0. The Morgan fingerprint density at radius 1 is 1.13 bits per heavy atom. The molecule has 0 spiro atoms. The second kappa shape index (κ2) is 10.4. The number of hydrogen-bond donors (Lipinski definition) is 0. The number of amides is 1. The van der Waals surface area contributed by atoms with Gasteiger partial charge in [-0.2, -0.15) is 0 Å². The highest BCUT2D eigenvalue weighted by Crippen LogP contribution is 2.31. The Kier molecular flexibility index (Phi) is 7.83. The molecule has 160 valence electrons. The average molecular weight is 446 g/mol. The fourth-order valence-corrected chi connectivity index (χ4v) is 4.67. The van der Waals surface area contributed by atoms with E-state index in [2.05, 4.69) is 24.0 Å². The van der Waals surface area contributed by atoms with Crippen LogP contribution in [0, 0.1) is 13.8 Å². The molecule has 0 aliphatic carbocycles. The van der Waals surface area contributed by atoms with Crippen LogP contribution in [0.2, 0.25) is 0 Å². The molecule has 0 radical (unpaired) electrons. The number of halogens is 1. The van der Waals surface area contributed by atoms with Crippen molar-refractivity contribution in [2.45, 2.75) is 20.3 Å². The Hall–Kier alpha value is -1.99. The molecule has 2 aromatic carbocycles. The highest BCUT2D eigenvalue weighted by molar-refractivity contribution is 7.22. The molecule has 1 amide bonds. The topological polar surface area (TPSA) is 45.7 Å². The van der Waals surface area contributed by atoms with Crippen molar-refractivity contribution in [2.24, 2.45) is 0 Å². The largest absolute Gasteiger partial charge is 0.379 e. The zero-order valence-electron chi connectivity index (χ0n) is 17.5. The summed E-state index contributed by atoms with van der Waals surface area (Å²) in [7, 11) is 0. The van der Waals surface area contributed by atoms with E-state index in [0.29, 0.717) is 12.1 Å². The average Bonchev–Trinajstić information content (AvgIpc) is 3.17. The van der Waals surface area contributed by atoms with Gasteiger partial charge < -0.3 is 4.74 Å². The number of aromatic nitrogens is 1. The van der Waals surface area contributed by atoms with E-state index in [0.717, 1.165) is 65.7 Å². The predicted molar refractivity (Wildman–Crippen MR) is 126 cm³/mol. The van der Waals surface area contributed by atoms with Crippen molar-refractivity contribution in [3.05, 3.63) is 59.2 Å². The van der Waals surface area contributed by atoms with E-state index >= 15 is 0 Å². The highest BCUT2D eigenvalue weighted by atomic mass is 35.5. The first-order valence-corrected chi connectivity index (χ1v) is 11.0. The van der Waals surface area contributed by atoms with Crippen LogP contribution in [0.25, 0.3) is 10.2 Å². The number of morpholine rings is 1. The van der Waals surface area contributed by atoms with Gasteiger partial charge in [0, 0.05) is 31.7 Å².